The first-order valence-corrected chi connectivity index (χ1v) is 10.1. The lowest BCUT2D eigenvalue weighted by atomic mass is 10.1. The van der Waals surface area contributed by atoms with E-state index in [-0.39, 0.29) is 18.7 Å². The fraction of sp³-hybridized carbons (Fsp3) is 0.368. The Balaban J connectivity index is 1.25. The molecule has 2 aliphatic heterocycles. The molecular weight excluding hydrogens is 378 g/mol. The molecule has 144 valence electrons. The van der Waals surface area contributed by atoms with Crippen molar-refractivity contribution in [2.24, 2.45) is 0 Å². The Morgan fingerprint density at radius 2 is 2.18 bits per heavy atom. The number of hydrogen-bond donors (Lipinski definition) is 0. The molecule has 4 heterocycles. The molecule has 1 saturated heterocycles. The fourth-order valence-corrected chi connectivity index (χ4v) is 4.34. The van der Waals surface area contributed by atoms with E-state index in [1.807, 2.05) is 40.6 Å². The number of aromatic nitrogens is 4. The normalized spacial score (nSPS) is 18.0. The highest BCUT2D eigenvalue weighted by atomic mass is 32.1. The van der Waals surface area contributed by atoms with Crippen LogP contribution in [-0.4, -0.2) is 50.4 Å². The van der Waals surface area contributed by atoms with Crippen LogP contribution in [0.1, 0.15) is 18.4 Å². The number of hydrogen-bond acceptors (Lipinski definition) is 7. The van der Waals surface area contributed by atoms with E-state index in [9.17, 15) is 4.79 Å². The molecule has 0 unspecified atom stereocenters. The van der Waals surface area contributed by atoms with Crippen molar-refractivity contribution in [3.63, 3.8) is 0 Å². The van der Waals surface area contributed by atoms with Gasteiger partial charge < -0.3 is 14.4 Å². The van der Waals surface area contributed by atoms with Gasteiger partial charge in [-0.05, 0) is 47.2 Å². The number of rotatable bonds is 5. The molecule has 2 aromatic heterocycles. The number of thiophene rings is 1. The number of likely N-dealkylation sites (tertiary alicyclic amines) is 1. The number of benzene rings is 1. The Morgan fingerprint density at radius 1 is 1.25 bits per heavy atom. The third-order valence-corrected chi connectivity index (χ3v) is 5.92. The second-order valence-corrected chi connectivity index (χ2v) is 7.84. The van der Waals surface area contributed by atoms with Crippen LogP contribution in [0.3, 0.4) is 0 Å². The lowest BCUT2D eigenvalue weighted by Gasteiger charge is -2.24. The second-order valence-electron chi connectivity index (χ2n) is 6.89. The molecule has 0 bridgehead atoms. The Hall–Kier alpha value is -2.94. The Kier molecular flexibility index (Phi) is 4.44. The van der Waals surface area contributed by atoms with E-state index in [4.69, 9.17) is 9.47 Å². The molecule has 0 spiro atoms. The van der Waals surface area contributed by atoms with Gasteiger partial charge in [-0.15, -0.1) is 21.5 Å². The van der Waals surface area contributed by atoms with Crippen LogP contribution in [0.2, 0.25) is 0 Å². The molecule has 3 aromatic rings. The molecule has 0 radical (unpaired) electrons. The van der Waals surface area contributed by atoms with Gasteiger partial charge in [0, 0.05) is 6.54 Å². The van der Waals surface area contributed by atoms with Gasteiger partial charge in [-0.2, -0.15) is 4.80 Å². The van der Waals surface area contributed by atoms with Gasteiger partial charge in [0.25, 0.3) is 0 Å². The SMILES string of the molecule is O=C(Cc1ccc2c(c1)OCO2)N1CCC[C@@H]1Cn1nnc(-c2cccs2)n1. The van der Waals surface area contributed by atoms with Crippen molar-refractivity contribution < 1.29 is 14.3 Å². The first kappa shape index (κ1) is 17.2. The number of fused-ring (bicyclic) bond motifs is 1. The van der Waals surface area contributed by atoms with E-state index in [1.54, 1.807) is 16.1 Å². The van der Waals surface area contributed by atoms with Gasteiger partial charge in [0.15, 0.2) is 11.5 Å². The molecule has 1 aromatic carbocycles. The van der Waals surface area contributed by atoms with Crippen LogP contribution in [0, 0.1) is 0 Å². The lowest BCUT2D eigenvalue weighted by molar-refractivity contribution is -0.131. The predicted molar refractivity (Wildman–Crippen MR) is 102 cm³/mol. The molecule has 0 saturated carbocycles. The van der Waals surface area contributed by atoms with Crippen LogP contribution < -0.4 is 9.47 Å². The minimum absolute atomic E-state index is 0.0897. The summed E-state index contributed by atoms with van der Waals surface area (Å²) in [5.41, 5.74) is 0.929. The fourth-order valence-electron chi connectivity index (χ4n) is 3.69. The number of ether oxygens (including phenoxy) is 2. The molecule has 1 atom stereocenters. The van der Waals surface area contributed by atoms with Crippen molar-refractivity contribution in [2.45, 2.75) is 31.8 Å². The van der Waals surface area contributed by atoms with Crippen LogP contribution in [0.4, 0.5) is 0 Å². The van der Waals surface area contributed by atoms with E-state index in [1.165, 1.54) is 0 Å². The number of nitrogens with zero attached hydrogens (tertiary/aromatic N) is 5. The Labute approximate surface area is 165 Å². The zero-order valence-corrected chi connectivity index (χ0v) is 16.0. The van der Waals surface area contributed by atoms with Crippen LogP contribution in [0.15, 0.2) is 35.7 Å². The highest BCUT2D eigenvalue weighted by molar-refractivity contribution is 7.13. The molecule has 1 amide bonds. The molecule has 8 nitrogen and oxygen atoms in total. The minimum atomic E-state index is 0.0897. The molecule has 9 heteroatoms. The van der Waals surface area contributed by atoms with E-state index < -0.39 is 0 Å². The molecule has 5 rings (SSSR count). The van der Waals surface area contributed by atoms with Crippen LogP contribution in [0.25, 0.3) is 10.7 Å². The zero-order valence-electron chi connectivity index (χ0n) is 15.2. The molecule has 2 aliphatic rings. The van der Waals surface area contributed by atoms with Crippen molar-refractivity contribution in [3.8, 4) is 22.2 Å². The lowest BCUT2D eigenvalue weighted by Crippen LogP contribution is -2.39. The predicted octanol–water partition coefficient (Wildman–Crippen LogP) is 2.36. The largest absolute Gasteiger partial charge is 0.454 e. The summed E-state index contributed by atoms with van der Waals surface area (Å²) in [6.07, 6.45) is 2.28. The zero-order chi connectivity index (χ0) is 18.9. The Morgan fingerprint density at radius 3 is 3.07 bits per heavy atom. The highest BCUT2D eigenvalue weighted by Crippen LogP contribution is 2.33. The van der Waals surface area contributed by atoms with Crippen molar-refractivity contribution in [1.82, 2.24) is 25.1 Å². The third-order valence-electron chi connectivity index (χ3n) is 5.06. The van der Waals surface area contributed by atoms with Crippen molar-refractivity contribution in [3.05, 3.63) is 41.3 Å². The maximum Gasteiger partial charge on any atom is 0.231 e. The van der Waals surface area contributed by atoms with Crippen LogP contribution in [-0.2, 0) is 17.8 Å². The average Bonchev–Trinajstić information content (AvgIpc) is 3.48. The topological polar surface area (TPSA) is 82.4 Å². The summed E-state index contributed by atoms with van der Waals surface area (Å²) in [5, 5.41) is 14.8. The van der Waals surface area contributed by atoms with E-state index >= 15 is 0 Å². The smallest absolute Gasteiger partial charge is 0.231 e. The van der Waals surface area contributed by atoms with Crippen molar-refractivity contribution in [1.29, 1.82) is 0 Å². The summed E-state index contributed by atoms with van der Waals surface area (Å²) in [6, 6.07) is 9.70. The van der Waals surface area contributed by atoms with Crippen molar-refractivity contribution in [2.75, 3.05) is 13.3 Å². The molecule has 0 N–H and O–H groups in total. The summed E-state index contributed by atoms with van der Waals surface area (Å²) in [7, 11) is 0. The van der Waals surface area contributed by atoms with Gasteiger partial charge in [-0.3, -0.25) is 4.79 Å². The van der Waals surface area contributed by atoms with Crippen LogP contribution >= 0.6 is 11.3 Å². The van der Waals surface area contributed by atoms with E-state index in [0.29, 0.717) is 24.5 Å². The maximum absolute atomic E-state index is 12.9. The number of carbonyl (C=O) groups is 1. The summed E-state index contributed by atoms with van der Waals surface area (Å²) < 4.78 is 10.7. The minimum Gasteiger partial charge on any atom is -0.454 e. The third kappa shape index (κ3) is 3.33. The number of amides is 1. The van der Waals surface area contributed by atoms with Gasteiger partial charge in [0.05, 0.1) is 23.9 Å². The number of carbonyl (C=O) groups excluding carboxylic acids is 1. The van der Waals surface area contributed by atoms with Gasteiger partial charge in [0.1, 0.15) is 0 Å². The second kappa shape index (κ2) is 7.23. The van der Waals surface area contributed by atoms with Crippen LogP contribution in [0.5, 0.6) is 11.5 Å². The summed E-state index contributed by atoms with van der Waals surface area (Å²) in [6.45, 7) is 1.56. The molecular formula is C19H19N5O3S. The summed E-state index contributed by atoms with van der Waals surface area (Å²) in [5.74, 6) is 2.18. The molecule has 0 aliphatic carbocycles. The van der Waals surface area contributed by atoms with E-state index in [2.05, 4.69) is 15.4 Å². The summed E-state index contributed by atoms with van der Waals surface area (Å²) in [4.78, 5) is 17.4. The average molecular weight is 397 g/mol. The molecule has 28 heavy (non-hydrogen) atoms. The van der Waals surface area contributed by atoms with Gasteiger partial charge >= 0.3 is 0 Å². The first-order chi connectivity index (χ1) is 13.8. The van der Waals surface area contributed by atoms with Crippen molar-refractivity contribution >= 4 is 17.2 Å². The maximum atomic E-state index is 12.9. The van der Waals surface area contributed by atoms with E-state index in [0.717, 1.165) is 35.6 Å². The van der Waals surface area contributed by atoms with Gasteiger partial charge in [-0.25, -0.2) is 0 Å². The highest BCUT2D eigenvalue weighted by Gasteiger charge is 2.30. The summed E-state index contributed by atoms with van der Waals surface area (Å²) >= 11 is 1.59. The monoisotopic (exact) mass is 397 g/mol. The standard InChI is InChI=1S/C19H19N5O3S/c25-18(10-13-5-6-15-16(9-13)27-12-26-15)23-7-1-3-14(23)11-24-21-19(20-22-24)17-4-2-8-28-17/h2,4-6,8-9,14H,1,3,7,10-12H2/t14-/m1/s1. The quantitative estimate of drug-likeness (QED) is 0.657. The Bertz CT molecular complexity index is 987. The first-order valence-electron chi connectivity index (χ1n) is 9.26. The van der Waals surface area contributed by atoms with Gasteiger partial charge in [-0.1, -0.05) is 12.1 Å². The molecule has 1 fully saturated rings. The number of tetrazole rings is 1. The van der Waals surface area contributed by atoms with Gasteiger partial charge in [0.2, 0.25) is 18.5 Å².